The lowest BCUT2D eigenvalue weighted by Gasteiger charge is -2.33. The number of aliphatic hydroxyl groups is 1. The third-order valence-corrected chi connectivity index (χ3v) is 5.29. The van der Waals surface area contributed by atoms with E-state index in [1.165, 1.54) is 35.5 Å². The minimum Gasteiger partial charge on any atom is -0.382 e. The molecule has 6 nitrogen and oxygen atoms in total. The number of nitrogens with zero attached hydrogens (tertiary/aromatic N) is 5. The van der Waals surface area contributed by atoms with Crippen LogP contribution in [0, 0.1) is 17.5 Å². The van der Waals surface area contributed by atoms with Crippen molar-refractivity contribution in [2.45, 2.75) is 18.7 Å². The molecule has 170 valence electrons. The van der Waals surface area contributed by atoms with Crippen molar-refractivity contribution in [2.24, 2.45) is 0 Å². The first kappa shape index (κ1) is 22.6. The highest BCUT2D eigenvalue weighted by atomic mass is 19.1. The smallest absolute Gasteiger partial charge is 0.137 e. The molecule has 0 fully saturated rings. The van der Waals surface area contributed by atoms with Crippen molar-refractivity contribution in [1.29, 1.82) is 0 Å². The zero-order valence-corrected chi connectivity index (χ0v) is 17.9. The molecular formula is C24H22F3N5O. The van der Waals surface area contributed by atoms with E-state index in [0.29, 0.717) is 6.54 Å². The molecule has 0 spiro atoms. The molecule has 2 aromatic heterocycles. The second-order valence-corrected chi connectivity index (χ2v) is 7.97. The first-order valence-electron chi connectivity index (χ1n) is 10.2. The number of halogens is 3. The molecule has 0 saturated heterocycles. The number of rotatable bonds is 8. The average Bonchev–Trinajstić information content (AvgIpc) is 3.27. The van der Waals surface area contributed by atoms with Crippen LogP contribution < -0.4 is 0 Å². The highest BCUT2D eigenvalue weighted by molar-refractivity contribution is 5.62. The lowest BCUT2D eigenvalue weighted by atomic mass is 9.92. The Kier molecular flexibility index (Phi) is 6.52. The second-order valence-electron chi connectivity index (χ2n) is 7.97. The summed E-state index contributed by atoms with van der Waals surface area (Å²) in [6, 6.07) is 13.0. The van der Waals surface area contributed by atoms with Gasteiger partial charge in [-0.3, -0.25) is 9.88 Å². The van der Waals surface area contributed by atoms with Gasteiger partial charge in [-0.2, -0.15) is 5.10 Å². The minimum atomic E-state index is -1.70. The van der Waals surface area contributed by atoms with Gasteiger partial charge >= 0.3 is 0 Å². The molecule has 0 amide bonds. The predicted molar refractivity (Wildman–Crippen MR) is 116 cm³/mol. The van der Waals surface area contributed by atoms with Crippen molar-refractivity contribution in [1.82, 2.24) is 24.6 Å². The maximum Gasteiger partial charge on any atom is 0.137 e. The van der Waals surface area contributed by atoms with Crippen molar-refractivity contribution in [3.05, 3.63) is 102 Å². The monoisotopic (exact) mass is 453 g/mol. The average molecular weight is 453 g/mol. The third kappa shape index (κ3) is 5.44. The summed E-state index contributed by atoms with van der Waals surface area (Å²) in [5.41, 5.74) is 0.682. The van der Waals surface area contributed by atoms with Crippen molar-refractivity contribution in [3.8, 4) is 11.1 Å². The Balaban J connectivity index is 1.52. The summed E-state index contributed by atoms with van der Waals surface area (Å²) in [5.74, 6) is -1.87. The number of hydrogen-bond donors (Lipinski definition) is 1. The van der Waals surface area contributed by atoms with E-state index >= 15 is 0 Å². The summed E-state index contributed by atoms with van der Waals surface area (Å²) in [7, 11) is 1.77. The highest BCUT2D eigenvalue weighted by Crippen LogP contribution is 2.28. The van der Waals surface area contributed by atoms with E-state index < -0.39 is 17.2 Å². The number of aromatic nitrogens is 4. The molecule has 1 atom stereocenters. The van der Waals surface area contributed by atoms with Crippen LogP contribution in [0.2, 0.25) is 0 Å². The Hall–Kier alpha value is -3.56. The summed E-state index contributed by atoms with van der Waals surface area (Å²) in [6.07, 6.45) is 4.43. The fourth-order valence-corrected chi connectivity index (χ4v) is 3.78. The fourth-order valence-electron chi connectivity index (χ4n) is 3.78. The Morgan fingerprint density at radius 1 is 0.970 bits per heavy atom. The Morgan fingerprint density at radius 2 is 1.70 bits per heavy atom. The van der Waals surface area contributed by atoms with E-state index in [1.54, 1.807) is 30.3 Å². The summed E-state index contributed by atoms with van der Waals surface area (Å²) in [5, 5.41) is 15.4. The van der Waals surface area contributed by atoms with E-state index in [-0.39, 0.29) is 24.5 Å². The molecule has 4 aromatic rings. The molecular weight excluding hydrogens is 431 g/mol. The van der Waals surface area contributed by atoms with Gasteiger partial charge in [0.2, 0.25) is 0 Å². The largest absolute Gasteiger partial charge is 0.382 e. The Bertz CT molecular complexity index is 1200. The number of pyridine rings is 1. The molecule has 4 rings (SSSR count). The minimum absolute atomic E-state index is 0.0246. The molecule has 0 aliphatic carbocycles. The van der Waals surface area contributed by atoms with Crippen LogP contribution in [0.25, 0.3) is 11.1 Å². The van der Waals surface area contributed by atoms with Crippen LogP contribution >= 0.6 is 0 Å². The van der Waals surface area contributed by atoms with Crippen molar-refractivity contribution >= 4 is 0 Å². The van der Waals surface area contributed by atoms with E-state index in [4.69, 9.17) is 0 Å². The van der Waals surface area contributed by atoms with Crippen LogP contribution in [0.3, 0.4) is 0 Å². The summed E-state index contributed by atoms with van der Waals surface area (Å²) in [6.45, 7) is 0.319. The zero-order chi connectivity index (χ0) is 23.4. The van der Waals surface area contributed by atoms with Crippen molar-refractivity contribution < 1.29 is 18.3 Å². The molecule has 1 N–H and O–H groups in total. The third-order valence-electron chi connectivity index (χ3n) is 5.29. The van der Waals surface area contributed by atoms with Gasteiger partial charge in [0, 0.05) is 36.5 Å². The van der Waals surface area contributed by atoms with Gasteiger partial charge in [-0.05, 0) is 36.9 Å². The number of likely N-dealkylation sites (N-methyl/N-ethyl adjacent to an activating group) is 1. The van der Waals surface area contributed by atoms with Crippen LogP contribution in [-0.2, 0) is 18.7 Å². The number of hydrogen-bond acceptors (Lipinski definition) is 5. The Labute approximate surface area is 189 Å². The van der Waals surface area contributed by atoms with Gasteiger partial charge in [0.1, 0.15) is 35.7 Å². The molecule has 1 unspecified atom stereocenters. The number of benzene rings is 2. The quantitative estimate of drug-likeness (QED) is 0.440. The van der Waals surface area contributed by atoms with Crippen molar-refractivity contribution in [3.63, 3.8) is 0 Å². The molecule has 0 saturated carbocycles. The van der Waals surface area contributed by atoms with Gasteiger partial charge in [-0.1, -0.05) is 24.3 Å². The van der Waals surface area contributed by atoms with Gasteiger partial charge in [0.15, 0.2) is 0 Å². The molecule has 2 aromatic carbocycles. The maximum atomic E-state index is 14.6. The maximum absolute atomic E-state index is 14.6. The molecule has 0 aliphatic heterocycles. The summed E-state index contributed by atoms with van der Waals surface area (Å²) >= 11 is 0. The van der Waals surface area contributed by atoms with Gasteiger partial charge < -0.3 is 5.11 Å². The standard InChI is InChI=1S/C24H22F3N5O/c1-31(12-21-8-4-18(11-29-21)17-2-5-19(25)6-3-17)13-24(33,14-32-16-28-15-30-32)22-9-7-20(26)10-23(22)27/h2-11,15-16,33H,12-14H2,1H3. The molecule has 0 radical (unpaired) electrons. The SMILES string of the molecule is CN(Cc1ccc(-c2ccc(F)cc2)cn1)CC(O)(Cn1cncn1)c1ccc(F)cc1F. The first-order valence-corrected chi connectivity index (χ1v) is 10.2. The van der Waals surface area contributed by atoms with E-state index in [2.05, 4.69) is 15.1 Å². The first-order chi connectivity index (χ1) is 15.8. The van der Waals surface area contributed by atoms with Gasteiger partial charge in [0.05, 0.1) is 12.2 Å². The van der Waals surface area contributed by atoms with E-state index in [9.17, 15) is 18.3 Å². The Morgan fingerprint density at radius 3 is 2.33 bits per heavy atom. The lowest BCUT2D eigenvalue weighted by Crippen LogP contribution is -2.43. The van der Waals surface area contributed by atoms with Gasteiger partial charge in [-0.25, -0.2) is 22.8 Å². The van der Waals surface area contributed by atoms with Crippen molar-refractivity contribution in [2.75, 3.05) is 13.6 Å². The summed E-state index contributed by atoms with van der Waals surface area (Å²) in [4.78, 5) is 10.1. The molecule has 9 heteroatoms. The predicted octanol–water partition coefficient (Wildman–Crippen LogP) is 3.78. The van der Waals surface area contributed by atoms with Gasteiger partial charge in [-0.15, -0.1) is 0 Å². The van der Waals surface area contributed by atoms with Crippen LogP contribution in [0.5, 0.6) is 0 Å². The fraction of sp³-hybridized carbons (Fsp3) is 0.208. The topological polar surface area (TPSA) is 67.1 Å². The molecule has 0 aliphatic rings. The van der Waals surface area contributed by atoms with E-state index in [0.717, 1.165) is 29.0 Å². The van der Waals surface area contributed by atoms with Crippen LogP contribution in [0.15, 0.2) is 73.4 Å². The van der Waals surface area contributed by atoms with E-state index in [1.807, 2.05) is 12.1 Å². The van der Waals surface area contributed by atoms with Crippen LogP contribution in [-0.4, -0.2) is 43.3 Å². The molecule has 33 heavy (non-hydrogen) atoms. The lowest BCUT2D eigenvalue weighted by molar-refractivity contribution is -0.0177. The van der Waals surface area contributed by atoms with Crippen LogP contribution in [0.1, 0.15) is 11.3 Å². The zero-order valence-electron chi connectivity index (χ0n) is 17.9. The van der Waals surface area contributed by atoms with Gasteiger partial charge in [0.25, 0.3) is 0 Å². The second kappa shape index (κ2) is 9.51. The molecule has 0 bridgehead atoms. The molecule has 2 heterocycles. The highest BCUT2D eigenvalue weighted by Gasteiger charge is 2.35. The normalized spacial score (nSPS) is 13.3. The van der Waals surface area contributed by atoms with Crippen LogP contribution in [0.4, 0.5) is 13.2 Å². The summed E-state index contributed by atoms with van der Waals surface area (Å²) < 4.78 is 42.6.